The van der Waals surface area contributed by atoms with Gasteiger partial charge in [0.15, 0.2) is 0 Å². The van der Waals surface area contributed by atoms with Crippen molar-refractivity contribution in [2.45, 2.75) is 19.1 Å². The second kappa shape index (κ2) is 4.38. The molecule has 0 aliphatic rings. The van der Waals surface area contributed by atoms with Gasteiger partial charge in [-0.15, -0.1) is 0 Å². The molecule has 0 fully saturated rings. The van der Waals surface area contributed by atoms with Crippen molar-refractivity contribution in [1.29, 1.82) is 0 Å². The van der Waals surface area contributed by atoms with Crippen molar-refractivity contribution in [2.24, 2.45) is 5.92 Å². The Morgan fingerprint density at radius 2 is 2.00 bits per heavy atom. The van der Waals surface area contributed by atoms with Crippen molar-refractivity contribution in [1.82, 2.24) is 0 Å². The minimum Gasteiger partial charge on any atom is -0.394 e. The number of rotatable bonds is 4. The van der Waals surface area contributed by atoms with E-state index < -0.39 is 24.7 Å². The molecule has 0 saturated heterocycles. The highest BCUT2D eigenvalue weighted by Gasteiger charge is 2.21. The molecule has 4 heteroatoms. The normalized spacial score (nSPS) is 19.6. The number of carbonyl (C=O) groups is 1. The first-order chi connectivity index (χ1) is 4.63. The van der Waals surface area contributed by atoms with Crippen molar-refractivity contribution in [2.75, 3.05) is 6.61 Å². The highest BCUT2D eigenvalue weighted by atomic mass is 16.4. The van der Waals surface area contributed by atoms with E-state index in [1.807, 2.05) is 0 Å². The van der Waals surface area contributed by atoms with Crippen LogP contribution in [0, 0.1) is 5.92 Å². The van der Waals surface area contributed by atoms with E-state index in [1.54, 1.807) is 0 Å². The first-order valence-corrected chi connectivity index (χ1v) is 3.05. The Bertz CT molecular complexity index is 104. The molecule has 0 aromatic carbocycles. The molecule has 3 unspecified atom stereocenters. The summed E-state index contributed by atoms with van der Waals surface area (Å²) < 4.78 is 0. The van der Waals surface area contributed by atoms with Gasteiger partial charge < -0.3 is 20.1 Å². The van der Waals surface area contributed by atoms with E-state index in [1.165, 1.54) is 6.92 Å². The summed E-state index contributed by atoms with van der Waals surface area (Å²) in [7, 11) is 0. The maximum absolute atomic E-state index is 10.0. The fraction of sp³-hybridized carbons (Fsp3) is 0.833. The lowest BCUT2D eigenvalue weighted by atomic mass is 10.0. The number of aldehydes is 1. The Labute approximate surface area is 59.1 Å². The van der Waals surface area contributed by atoms with Crippen LogP contribution < -0.4 is 0 Å². The second-order valence-corrected chi connectivity index (χ2v) is 2.24. The topological polar surface area (TPSA) is 77.8 Å². The molecule has 0 bridgehead atoms. The molecule has 3 N–H and O–H groups in total. The van der Waals surface area contributed by atoms with Crippen LogP contribution in [-0.2, 0) is 4.79 Å². The third-order valence-corrected chi connectivity index (χ3v) is 1.33. The third kappa shape index (κ3) is 2.43. The Kier molecular flexibility index (Phi) is 4.18. The smallest absolute Gasteiger partial charge is 0.125 e. The Morgan fingerprint density at radius 1 is 1.50 bits per heavy atom. The molecule has 0 aromatic heterocycles. The quantitative estimate of drug-likeness (QED) is 0.425. The molecule has 0 rings (SSSR count). The van der Waals surface area contributed by atoms with Gasteiger partial charge in [-0.2, -0.15) is 0 Å². The Morgan fingerprint density at radius 3 is 2.30 bits per heavy atom. The summed E-state index contributed by atoms with van der Waals surface area (Å²) in [5.41, 5.74) is 0. The zero-order valence-electron chi connectivity index (χ0n) is 5.77. The molecule has 0 aromatic rings. The van der Waals surface area contributed by atoms with Crippen LogP contribution in [0.25, 0.3) is 0 Å². The molecular formula is C6H12O4. The third-order valence-electron chi connectivity index (χ3n) is 1.33. The lowest BCUT2D eigenvalue weighted by Crippen LogP contribution is -2.35. The van der Waals surface area contributed by atoms with Crippen molar-refractivity contribution in [3.63, 3.8) is 0 Å². The minimum atomic E-state index is -1.22. The number of aliphatic hydroxyl groups is 3. The van der Waals surface area contributed by atoms with E-state index in [0.29, 0.717) is 6.29 Å². The maximum atomic E-state index is 10.0. The first-order valence-electron chi connectivity index (χ1n) is 3.05. The molecule has 0 saturated carbocycles. The summed E-state index contributed by atoms with van der Waals surface area (Å²) in [6, 6.07) is 0. The number of hydrogen-bond acceptors (Lipinski definition) is 4. The largest absolute Gasteiger partial charge is 0.394 e. The molecule has 4 nitrogen and oxygen atoms in total. The lowest BCUT2D eigenvalue weighted by molar-refractivity contribution is -0.117. The highest BCUT2D eigenvalue weighted by Crippen LogP contribution is 2.03. The Hall–Kier alpha value is -0.450. The van der Waals surface area contributed by atoms with Crippen LogP contribution in [0.3, 0.4) is 0 Å². The molecule has 0 aliphatic heterocycles. The van der Waals surface area contributed by atoms with E-state index in [4.69, 9.17) is 15.3 Å². The van der Waals surface area contributed by atoms with Crippen molar-refractivity contribution in [3.8, 4) is 0 Å². The maximum Gasteiger partial charge on any atom is 0.125 e. The number of aliphatic hydroxyl groups excluding tert-OH is 3. The fourth-order valence-corrected chi connectivity index (χ4v) is 0.539. The highest BCUT2D eigenvalue weighted by molar-refractivity contribution is 5.53. The molecule has 10 heavy (non-hydrogen) atoms. The molecule has 60 valence electrons. The van der Waals surface area contributed by atoms with Gasteiger partial charge >= 0.3 is 0 Å². The van der Waals surface area contributed by atoms with Gasteiger partial charge in [0, 0.05) is 5.92 Å². The standard InChI is InChI=1S/C6H12O4/c1-4(2-7)6(10)5(9)3-8/h2,4-6,8-10H,3H2,1H3. The van der Waals surface area contributed by atoms with E-state index in [9.17, 15) is 4.79 Å². The van der Waals surface area contributed by atoms with E-state index >= 15 is 0 Å². The average Bonchev–Trinajstić information content (AvgIpc) is 2.00. The SMILES string of the molecule is CC(C=O)C(O)C(O)CO. The van der Waals surface area contributed by atoms with E-state index in [2.05, 4.69) is 0 Å². The van der Waals surface area contributed by atoms with Gasteiger partial charge in [0.25, 0.3) is 0 Å². The van der Waals surface area contributed by atoms with Gasteiger partial charge in [-0.3, -0.25) is 0 Å². The van der Waals surface area contributed by atoms with Gasteiger partial charge in [0.1, 0.15) is 12.4 Å². The summed E-state index contributed by atoms with van der Waals surface area (Å²) in [5.74, 6) is -0.637. The summed E-state index contributed by atoms with van der Waals surface area (Å²) >= 11 is 0. The van der Waals surface area contributed by atoms with E-state index in [-0.39, 0.29) is 0 Å². The fourth-order valence-electron chi connectivity index (χ4n) is 0.539. The molecule has 0 spiro atoms. The van der Waals surface area contributed by atoms with Crippen LogP contribution in [0.5, 0.6) is 0 Å². The second-order valence-electron chi connectivity index (χ2n) is 2.24. The monoisotopic (exact) mass is 148 g/mol. The summed E-state index contributed by atoms with van der Waals surface area (Å²) in [5, 5.41) is 26.0. The molecule has 0 heterocycles. The predicted octanol–water partition coefficient (Wildman–Crippen LogP) is -1.46. The van der Waals surface area contributed by atoms with Crippen LogP contribution >= 0.6 is 0 Å². The van der Waals surface area contributed by atoms with Crippen molar-refractivity contribution >= 4 is 6.29 Å². The molecule has 3 atom stereocenters. The summed E-state index contributed by atoms with van der Waals surface area (Å²) in [6.45, 7) is 0.940. The van der Waals surface area contributed by atoms with Crippen LogP contribution in [0.1, 0.15) is 6.92 Å². The van der Waals surface area contributed by atoms with Crippen molar-refractivity contribution < 1.29 is 20.1 Å². The van der Waals surface area contributed by atoms with Crippen LogP contribution in [0.4, 0.5) is 0 Å². The molecule has 0 radical (unpaired) electrons. The van der Waals surface area contributed by atoms with Crippen LogP contribution in [0.15, 0.2) is 0 Å². The van der Waals surface area contributed by atoms with Crippen LogP contribution in [0.2, 0.25) is 0 Å². The van der Waals surface area contributed by atoms with Gasteiger partial charge in [-0.05, 0) is 0 Å². The van der Waals surface area contributed by atoms with Gasteiger partial charge in [-0.1, -0.05) is 6.92 Å². The Balaban J connectivity index is 3.80. The molecule has 0 aliphatic carbocycles. The lowest BCUT2D eigenvalue weighted by Gasteiger charge is -2.17. The summed E-state index contributed by atoms with van der Waals surface area (Å²) in [4.78, 5) is 10.0. The predicted molar refractivity (Wildman–Crippen MR) is 34.3 cm³/mol. The minimum absolute atomic E-state index is 0.528. The van der Waals surface area contributed by atoms with Gasteiger partial charge in [-0.25, -0.2) is 0 Å². The average molecular weight is 148 g/mol. The number of hydrogen-bond donors (Lipinski definition) is 3. The zero-order valence-corrected chi connectivity index (χ0v) is 5.77. The first kappa shape index (κ1) is 9.55. The van der Waals surface area contributed by atoms with Crippen LogP contribution in [-0.4, -0.2) is 40.4 Å². The van der Waals surface area contributed by atoms with Gasteiger partial charge in [0.2, 0.25) is 0 Å². The van der Waals surface area contributed by atoms with Crippen molar-refractivity contribution in [3.05, 3.63) is 0 Å². The summed E-state index contributed by atoms with van der Waals surface area (Å²) in [6.07, 6.45) is -1.86. The van der Waals surface area contributed by atoms with Gasteiger partial charge in [0.05, 0.1) is 12.7 Å². The molecule has 0 amide bonds. The molecular weight excluding hydrogens is 136 g/mol. The number of carbonyl (C=O) groups excluding carboxylic acids is 1. The van der Waals surface area contributed by atoms with E-state index in [0.717, 1.165) is 0 Å². The zero-order chi connectivity index (χ0) is 8.15.